The molecular weight excluding hydrogens is 172 g/mol. The second kappa shape index (κ2) is 2.90. The first-order valence-corrected chi connectivity index (χ1v) is 4.89. The maximum Gasteiger partial charge on any atom is 0.314 e. The van der Waals surface area contributed by atoms with Gasteiger partial charge in [0.05, 0.1) is 5.92 Å². The molecule has 1 aromatic rings. The summed E-state index contributed by atoms with van der Waals surface area (Å²) in [5, 5.41) is 1.99. The van der Waals surface area contributed by atoms with Gasteiger partial charge in [-0.2, -0.15) is 0 Å². The largest absolute Gasteiger partial charge is 0.462 e. The number of carbonyl (C=O) groups excluding carboxylic acids is 1. The Kier molecular flexibility index (Phi) is 1.89. The lowest BCUT2D eigenvalue weighted by molar-refractivity contribution is -0.141. The van der Waals surface area contributed by atoms with Crippen molar-refractivity contribution in [2.75, 3.05) is 0 Å². The molecule has 0 aromatic carbocycles. The van der Waals surface area contributed by atoms with E-state index in [0.717, 1.165) is 11.3 Å². The van der Waals surface area contributed by atoms with Crippen molar-refractivity contribution in [2.45, 2.75) is 25.4 Å². The van der Waals surface area contributed by atoms with Gasteiger partial charge in [0.2, 0.25) is 0 Å². The van der Waals surface area contributed by atoms with Crippen molar-refractivity contribution >= 4 is 17.3 Å². The number of hydrogen-bond acceptors (Lipinski definition) is 3. The summed E-state index contributed by atoms with van der Waals surface area (Å²) >= 11 is 1.63. The van der Waals surface area contributed by atoms with Gasteiger partial charge < -0.3 is 4.74 Å². The maximum absolute atomic E-state index is 11.3. The molecule has 1 aliphatic heterocycles. The third kappa shape index (κ3) is 1.25. The van der Waals surface area contributed by atoms with Gasteiger partial charge in [-0.25, -0.2) is 0 Å². The van der Waals surface area contributed by atoms with Crippen LogP contribution in [-0.2, 0) is 9.53 Å². The van der Waals surface area contributed by atoms with Crippen LogP contribution in [0.2, 0.25) is 0 Å². The first-order valence-electron chi connectivity index (χ1n) is 4.01. The fraction of sp³-hybridized carbons (Fsp3) is 0.444. The molecule has 2 rings (SSSR count). The van der Waals surface area contributed by atoms with Crippen LogP contribution < -0.4 is 0 Å². The number of thiophene rings is 1. The molecule has 1 saturated heterocycles. The first kappa shape index (κ1) is 7.80. The number of cyclic esters (lactones) is 1. The molecule has 12 heavy (non-hydrogen) atoms. The lowest BCUT2D eigenvalue weighted by Gasteiger charge is -1.98. The highest BCUT2D eigenvalue weighted by molar-refractivity contribution is 7.10. The van der Waals surface area contributed by atoms with E-state index in [1.807, 2.05) is 24.4 Å². The zero-order valence-electron chi connectivity index (χ0n) is 6.82. The zero-order chi connectivity index (χ0) is 8.55. The summed E-state index contributed by atoms with van der Waals surface area (Å²) in [5.74, 6) is -0.0649. The van der Waals surface area contributed by atoms with Crippen LogP contribution in [0.1, 0.15) is 24.1 Å². The van der Waals surface area contributed by atoms with Gasteiger partial charge >= 0.3 is 5.97 Å². The SMILES string of the molecule is C[C@@H]1C[C@H](c2cccs2)C(=O)O1. The Morgan fingerprint density at radius 2 is 2.50 bits per heavy atom. The molecule has 1 fully saturated rings. The molecule has 0 radical (unpaired) electrons. The number of hydrogen-bond donors (Lipinski definition) is 0. The fourth-order valence-electron chi connectivity index (χ4n) is 1.48. The molecule has 2 heterocycles. The van der Waals surface area contributed by atoms with Gasteiger partial charge in [-0.05, 0) is 18.4 Å². The molecule has 0 amide bonds. The van der Waals surface area contributed by atoms with Crippen molar-refractivity contribution in [2.24, 2.45) is 0 Å². The van der Waals surface area contributed by atoms with E-state index >= 15 is 0 Å². The van der Waals surface area contributed by atoms with Crippen molar-refractivity contribution in [3.8, 4) is 0 Å². The summed E-state index contributed by atoms with van der Waals surface area (Å²) in [6.07, 6.45) is 0.920. The van der Waals surface area contributed by atoms with Gasteiger partial charge in [0, 0.05) is 11.3 Å². The Morgan fingerprint density at radius 3 is 3.00 bits per heavy atom. The van der Waals surface area contributed by atoms with Crippen LogP contribution in [0.25, 0.3) is 0 Å². The third-order valence-corrected chi connectivity index (χ3v) is 3.04. The van der Waals surface area contributed by atoms with Gasteiger partial charge in [0.25, 0.3) is 0 Å². The molecule has 3 heteroatoms. The Bertz CT molecular complexity index is 279. The van der Waals surface area contributed by atoms with Crippen LogP contribution >= 0.6 is 11.3 Å². The zero-order valence-corrected chi connectivity index (χ0v) is 7.64. The van der Waals surface area contributed by atoms with Gasteiger partial charge in [-0.3, -0.25) is 4.79 Å². The molecule has 64 valence electrons. The molecular formula is C9H10O2S. The van der Waals surface area contributed by atoms with Gasteiger partial charge in [-0.1, -0.05) is 6.07 Å². The Balaban J connectivity index is 2.21. The van der Waals surface area contributed by atoms with Gasteiger partial charge in [0.1, 0.15) is 6.10 Å². The predicted molar refractivity (Wildman–Crippen MR) is 47.2 cm³/mol. The average Bonchev–Trinajstić information content (AvgIpc) is 2.58. The van der Waals surface area contributed by atoms with E-state index in [2.05, 4.69) is 0 Å². The first-order chi connectivity index (χ1) is 5.77. The smallest absolute Gasteiger partial charge is 0.314 e. The summed E-state index contributed by atoms with van der Waals surface area (Å²) in [5.41, 5.74) is 0. The summed E-state index contributed by atoms with van der Waals surface area (Å²) in [6, 6.07) is 3.96. The average molecular weight is 182 g/mol. The number of ether oxygens (including phenoxy) is 1. The van der Waals surface area contributed by atoms with Gasteiger partial charge in [-0.15, -0.1) is 11.3 Å². The summed E-state index contributed by atoms with van der Waals surface area (Å²) in [4.78, 5) is 12.4. The molecule has 0 bridgehead atoms. The van der Waals surface area contributed by atoms with E-state index < -0.39 is 0 Å². The van der Waals surface area contributed by atoms with Crippen LogP contribution in [0.4, 0.5) is 0 Å². The number of rotatable bonds is 1. The van der Waals surface area contributed by atoms with Crippen molar-refractivity contribution in [1.29, 1.82) is 0 Å². The standard InChI is InChI=1S/C9H10O2S/c1-6-5-7(9(10)11-6)8-3-2-4-12-8/h2-4,6-7H,5H2,1H3/t6-,7-/m1/s1. The van der Waals surface area contributed by atoms with Crippen LogP contribution in [0.5, 0.6) is 0 Å². The normalized spacial score (nSPS) is 28.9. The van der Waals surface area contributed by atoms with E-state index in [9.17, 15) is 4.79 Å². The van der Waals surface area contributed by atoms with Crippen molar-refractivity contribution in [1.82, 2.24) is 0 Å². The lowest BCUT2D eigenvalue weighted by Crippen LogP contribution is -2.03. The second-order valence-electron chi connectivity index (χ2n) is 3.05. The number of carbonyl (C=O) groups is 1. The van der Waals surface area contributed by atoms with Crippen LogP contribution in [-0.4, -0.2) is 12.1 Å². The van der Waals surface area contributed by atoms with Crippen LogP contribution in [0, 0.1) is 0 Å². The fourth-order valence-corrected chi connectivity index (χ4v) is 2.31. The topological polar surface area (TPSA) is 26.3 Å². The predicted octanol–water partition coefficient (Wildman–Crippen LogP) is 2.17. The summed E-state index contributed by atoms with van der Waals surface area (Å²) < 4.78 is 5.07. The second-order valence-corrected chi connectivity index (χ2v) is 4.03. The third-order valence-electron chi connectivity index (χ3n) is 2.06. The van der Waals surface area contributed by atoms with E-state index in [-0.39, 0.29) is 18.0 Å². The molecule has 0 N–H and O–H groups in total. The Morgan fingerprint density at radius 1 is 1.67 bits per heavy atom. The molecule has 2 nitrogen and oxygen atoms in total. The molecule has 0 saturated carbocycles. The minimum absolute atomic E-state index is 0.000000000000000222. The lowest BCUT2D eigenvalue weighted by atomic mass is 10.0. The Labute approximate surface area is 75.2 Å². The quantitative estimate of drug-likeness (QED) is 0.622. The highest BCUT2D eigenvalue weighted by Crippen LogP contribution is 2.32. The maximum atomic E-state index is 11.3. The van der Waals surface area contributed by atoms with Crippen LogP contribution in [0.15, 0.2) is 17.5 Å². The Hall–Kier alpha value is -0.830. The van der Waals surface area contributed by atoms with Crippen molar-refractivity contribution in [3.05, 3.63) is 22.4 Å². The molecule has 0 unspecified atom stereocenters. The van der Waals surface area contributed by atoms with Crippen LogP contribution in [0.3, 0.4) is 0 Å². The molecule has 1 aliphatic rings. The number of esters is 1. The van der Waals surface area contributed by atoms with Crippen molar-refractivity contribution in [3.63, 3.8) is 0 Å². The van der Waals surface area contributed by atoms with E-state index in [0.29, 0.717) is 0 Å². The molecule has 1 aromatic heterocycles. The summed E-state index contributed by atoms with van der Waals surface area (Å²) in [7, 11) is 0. The minimum Gasteiger partial charge on any atom is -0.462 e. The van der Waals surface area contributed by atoms with E-state index in [1.165, 1.54) is 0 Å². The highest BCUT2D eigenvalue weighted by atomic mass is 32.1. The van der Waals surface area contributed by atoms with E-state index in [1.54, 1.807) is 11.3 Å². The molecule has 0 aliphatic carbocycles. The summed E-state index contributed by atoms with van der Waals surface area (Å²) in [6.45, 7) is 1.94. The molecule has 2 atom stereocenters. The minimum atomic E-state index is -0.0649. The van der Waals surface area contributed by atoms with Gasteiger partial charge in [0.15, 0.2) is 0 Å². The van der Waals surface area contributed by atoms with Crippen molar-refractivity contribution < 1.29 is 9.53 Å². The monoisotopic (exact) mass is 182 g/mol. The van der Waals surface area contributed by atoms with E-state index in [4.69, 9.17) is 4.74 Å². The molecule has 0 spiro atoms. The highest BCUT2D eigenvalue weighted by Gasteiger charge is 2.33.